The zero-order valence-electron chi connectivity index (χ0n) is 18.1. The molecule has 0 heterocycles. The van der Waals surface area contributed by atoms with Crippen molar-refractivity contribution >= 4 is 17.8 Å². The molecule has 0 unspecified atom stereocenters. The lowest BCUT2D eigenvalue weighted by atomic mass is 10.0. The predicted octanol–water partition coefficient (Wildman–Crippen LogP) is 3.46. The minimum Gasteiger partial charge on any atom is -0.458 e. The molecule has 31 heavy (non-hydrogen) atoms. The van der Waals surface area contributed by atoms with Crippen LogP contribution in [0.15, 0.2) is 42.5 Å². The monoisotopic (exact) mass is 442 g/mol. The minimum atomic E-state index is -5.15. The smallest absolute Gasteiger partial charge is 0.458 e. The Labute approximate surface area is 180 Å². The maximum atomic E-state index is 12.8. The normalized spacial score (nSPS) is 14.0. The fourth-order valence-electron chi connectivity index (χ4n) is 2.56. The molecule has 1 rings (SSSR count). The molecule has 0 aliphatic rings. The first kappa shape index (κ1) is 26.2. The van der Waals surface area contributed by atoms with E-state index in [0.717, 1.165) is 0 Å². The van der Waals surface area contributed by atoms with Gasteiger partial charge in [-0.1, -0.05) is 49.4 Å². The Bertz CT molecular complexity index is 771. The van der Waals surface area contributed by atoms with Crippen LogP contribution >= 0.6 is 0 Å². The van der Waals surface area contributed by atoms with E-state index in [-0.39, 0.29) is 12.8 Å². The average molecular weight is 442 g/mol. The molecular weight excluding hydrogens is 413 g/mol. The predicted molar refractivity (Wildman–Crippen MR) is 110 cm³/mol. The lowest BCUT2D eigenvalue weighted by molar-refractivity contribution is -0.174. The van der Waals surface area contributed by atoms with E-state index in [0.29, 0.717) is 12.0 Å². The van der Waals surface area contributed by atoms with E-state index in [1.165, 1.54) is 0 Å². The molecule has 0 saturated heterocycles. The van der Waals surface area contributed by atoms with E-state index in [2.05, 4.69) is 5.32 Å². The third-order valence-electron chi connectivity index (χ3n) is 3.94. The Morgan fingerprint density at radius 1 is 1.00 bits per heavy atom. The molecule has 6 nitrogen and oxygen atoms in total. The lowest BCUT2D eigenvalue weighted by Crippen LogP contribution is -2.55. The van der Waals surface area contributed by atoms with E-state index in [4.69, 9.17) is 4.74 Å². The molecule has 172 valence electrons. The van der Waals surface area contributed by atoms with Gasteiger partial charge >= 0.3 is 18.1 Å². The number of hydrogen-bond acceptors (Lipinski definition) is 4. The van der Waals surface area contributed by atoms with Gasteiger partial charge in [-0.05, 0) is 39.2 Å². The summed E-state index contributed by atoms with van der Waals surface area (Å²) in [6, 6.07) is 5.63. The number of nitrogens with one attached hydrogen (secondary N) is 2. The fraction of sp³-hybridized carbons (Fsp3) is 0.500. The molecule has 0 aliphatic carbocycles. The van der Waals surface area contributed by atoms with Gasteiger partial charge in [0.15, 0.2) is 0 Å². The number of halogens is 3. The van der Waals surface area contributed by atoms with E-state index >= 15 is 0 Å². The summed E-state index contributed by atoms with van der Waals surface area (Å²) in [4.78, 5) is 36.8. The maximum Gasteiger partial charge on any atom is 0.471 e. The Kier molecular flexibility index (Phi) is 9.74. The van der Waals surface area contributed by atoms with Gasteiger partial charge in [0, 0.05) is 6.42 Å². The van der Waals surface area contributed by atoms with Gasteiger partial charge in [-0.25, -0.2) is 4.79 Å². The van der Waals surface area contributed by atoms with Gasteiger partial charge < -0.3 is 15.4 Å². The number of carbonyl (C=O) groups is 3. The number of carbonyl (C=O) groups excluding carboxylic acids is 3. The lowest BCUT2D eigenvalue weighted by Gasteiger charge is -2.26. The Hall–Kier alpha value is -2.84. The molecule has 0 radical (unpaired) electrons. The third kappa shape index (κ3) is 10.1. The number of esters is 1. The van der Waals surface area contributed by atoms with Crippen molar-refractivity contribution in [3.05, 3.63) is 48.0 Å². The number of benzene rings is 1. The highest BCUT2D eigenvalue weighted by molar-refractivity contribution is 5.92. The van der Waals surface area contributed by atoms with Crippen LogP contribution in [-0.2, 0) is 25.5 Å². The van der Waals surface area contributed by atoms with Crippen molar-refractivity contribution in [3.8, 4) is 0 Å². The molecule has 1 aromatic rings. The molecule has 0 bridgehead atoms. The van der Waals surface area contributed by atoms with Gasteiger partial charge in [0.25, 0.3) is 0 Å². The van der Waals surface area contributed by atoms with E-state index in [9.17, 15) is 27.6 Å². The van der Waals surface area contributed by atoms with Crippen LogP contribution in [0.2, 0.25) is 0 Å². The molecule has 1 aromatic carbocycles. The summed E-state index contributed by atoms with van der Waals surface area (Å²) >= 11 is 0. The Morgan fingerprint density at radius 3 is 2.13 bits per heavy atom. The number of alkyl halides is 3. The summed E-state index contributed by atoms with van der Waals surface area (Å²) in [5.74, 6) is -3.87. The van der Waals surface area contributed by atoms with Crippen LogP contribution in [0.5, 0.6) is 0 Å². The summed E-state index contributed by atoms with van der Waals surface area (Å²) in [6.07, 6.45) is -1.07. The largest absolute Gasteiger partial charge is 0.471 e. The molecule has 0 spiro atoms. The van der Waals surface area contributed by atoms with Crippen molar-refractivity contribution in [2.24, 2.45) is 0 Å². The van der Waals surface area contributed by atoms with Gasteiger partial charge in [-0.2, -0.15) is 13.2 Å². The van der Waals surface area contributed by atoms with Crippen LogP contribution < -0.4 is 10.6 Å². The summed E-state index contributed by atoms with van der Waals surface area (Å²) < 4.78 is 43.6. The summed E-state index contributed by atoms with van der Waals surface area (Å²) in [5, 5.41) is 4.15. The molecule has 0 aliphatic heterocycles. The molecule has 2 N–H and O–H groups in total. The summed E-state index contributed by atoms with van der Waals surface area (Å²) in [7, 11) is 0. The van der Waals surface area contributed by atoms with Crippen molar-refractivity contribution < 1.29 is 32.3 Å². The molecule has 9 heteroatoms. The zero-order valence-corrected chi connectivity index (χ0v) is 18.1. The quantitative estimate of drug-likeness (QED) is 0.453. The van der Waals surface area contributed by atoms with Crippen molar-refractivity contribution in [1.29, 1.82) is 0 Å². The average Bonchev–Trinajstić information content (AvgIpc) is 2.65. The van der Waals surface area contributed by atoms with E-state index < -0.39 is 41.6 Å². The molecule has 0 fully saturated rings. The highest BCUT2D eigenvalue weighted by Crippen LogP contribution is 2.16. The first-order valence-corrected chi connectivity index (χ1v) is 9.93. The van der Waals surface area contributed by atoms with Crippen LogP contribution in [0.1, 0.15) is 46.1 Å². The fourth-order valence-corrected chi connectivity index (χ4v) is 2.56. The number of hydrogen-bond donors (Lipinski definition) is 2. The second-order valence-corrected chi connectivity index (χ2v) is 7.92. The van der Waals surface area contributed by atoms with Gasteiger partial charge in [0.05, 0.1) is 0 Å². The van der Waals surface area contributed by atoms with Crippen LogP contribution in [0, 0.1) is 0 Å². The van der Waals surface area contributed by atoms with Gasteiger partial charge in [-0.3, -0.25) is 9.59 Å². The maximum absolute atomic E-state index is 12.8. The number of allylic oxidation sites excluding steroid dienone is 1. The van der Waals surface area contributed by atoms with Crippen LogP contribution in [0.3, 0.4) is 0 Å². The van der Waals surface area contributed by atoms with Crippen molar-refractivity contribution in [2.45, 2.75) is 70.8 Å². The second-order valence-electron chi connectivity index (χ2n) is 7.92. The van der Waals surface area contributed by atoms with Crippen LogP contribution in [0.4, 0.5) is 13.2 Å². The first-order chi connectivity index (χ1) is 14.3. The van der Waals surface area contributed by atoms with E-state index in [1.807, 2.05) is 6.92 Å². The third-order valence-corrected chi connectivity index (χ3v) is 3.94. The highest BCUT2D eigenvalue weighted by Gasteiger charge is 2.41. The van der Waals surface area contributed by atoms with Gasteiger partial charge in [0.2, 0.25) is 5.91 Å². The van der Waals surface area contributed by atoms with Crippen LogP contribution in [0.25, 0.3) is 0 Å². The summed E-state index contributed by atoms with van der Waals surface area (Å²) in [6.45, 7) is 6.87. The minimum absolute atomic E-state index is 0.0970. The van der Waals surface area contributed by atoms with E-state index in [1.54, 1.807) is 68.6 Å². The standard InChI is InChI=1S/C22H29F3N2O4/c1-5-6-8-13-16(19(29)31-21(2,3)4)26-18(28)17(27-20(30)22(23,24)25)14-15-11-9-7-10-12-15/h6-12,16-17H,5,13-14H2,1-4H3,(H,26,28)(H,27,30)/b8-6+/t16-,17+/m1/s1. The molecule has 2 atom stereocenters. The van der Waals surface area contributed by atoms with Crippen LogP contribution in [-0.4, -0.2) is 41.6 Å². The number of amides is 2. The first-order valence-electron chi connectivity index (χ1n) is 9.93. The Balaban J connectivity index is 3.07. The van der Waals surface area contributed by atoms with Gasteiger partial charge in [0.1, 0.15) is 17.7 Å². The Morgan fingerprint density at radius 2 is 1.61 bits per heavy atom. The highest BCUT2D eigenvalue weighted by atomic mass is 19.4. The second kappa shape index (κ2) is 11.5. The molecular formula is C22H29F3N2O4. The van der Waals surface area contributed by atoms with Crippen molar-refractivity contribution in [3.63, 3.8) is 0 Å². The molecule has 0 aromatic heterocycles. The van der Waals surface area contributed by atoms with Gasteiger partial charge in [-0.15, -0.1) is 0 Å². The topological polar surface area (TPSA) is 84.5 Å². The number of ether oxygens (including phenoxy) is 1. The zero-order chi connectivity index (χ0) is 23.7. The SMILES string of the molecule is CC/C=C/C[C@@H](NC(=O)[C@H](Cc1ccccc1)NC(=O)C(F)(F)F)C(=O)OC(C)(C)C. The number of rotatable bonds is 9. The summed E-state index contributed by atoms with van der Waals surface area (Å²) in [5.41, 5.74) is -0.271. The molecule has 0 saturated carbocycles. The van der Waals surface area contributed by atoms with Crippen molar-refractivity contribution in [1.82, 2.24) is 10.6 Å². The molecule has 2 amide bonds. The van der Waals surface area contributed by atoms with Crippen molar-refractivity contribution in [2.75, 3.05) is 0 Å².